The minimum Gasteiger partial charge on any atom is -0.482 e. The van der Waals surface area contributed by atoms with Crippen LogP contribution >= 0.6 is 0 Å². The Morgan fingerprint density at radius 1 is 1.21 bits per heavy atom. The number of carbonyl (C=O) groups excluding carboxylic acids is 3. The monoisotopic (exact) mass is 381 g/mol. The van der Waals surface area contributed by atoms with Crippen LogP contribution in [0.1, 0.15) is 29.3 Å². The van der Waals surface area contributed by atoms with E-state index in [9.17, 15) is 14.4 Å². The van der Waals surface area contributed by atoms with Gasteiger partial charge in [0.05, 0.1) is 5.69 Å². The maximum atomic E-state index is 12.9. The average Bonchev–Trinajstić information content (AvgIpc) is 2.68. The van der Waals surface area contributed by atoms with Crippen molar-refractivity contribution in [2.75, 3.05) is 30.3 Å². The molecule has 3 amide bonds. The molecule has 28 heavy (non-hydrogen) atoms. The van der Waals surface area contributed by atoms with Gasteiger partial charge in [-0.1, -0.05) is 25.1 Å². The van der Waals surface area contributed by atoms with Gasteiger partial charge in [-0.2, -0.15) is 0 Å². The third-order valence-electron chi connectivity index (χ3n) is 4.39. The maximum absolute atomic E-state index is 12.9. The van der Waals surface area contributed by atoms with Crippen LogP contribution in [0.3, 0.4) is 0 Å². The van der Waals surface area contributed by atoms with Crippen LogP contribution in [-0.4, -0.2) is 42.3 Å². The second-order valence-corrected chi connectivity index (χ2v) is 6.64. The lowest BCUT2D eigenvalue weighted by molar-refractivity contribution is -0.118. The molecule has 7 nitrogen and oxygen atoms in total. The predicted molar refractivity (Wildman–Crippen MR) is 107 cm³/mol. The molecule has 146 valence electrons. The molecule has 0 radical (unpaired) electrons. The van der Waals surface area contributed by atoms with Crippen molar-refractivity contribution in [1.29, 1.82) is 0 Å². The lowest BCUT2D eigenvalue weighted by Crippen LogP contribution is -2.38. The van der Waals surface area contributed by atoms with E-state index in [1.807, 2.05) is 38.1 Å². The molecule has 2 aromatic carbocycles. The first kappa shape index (κ1) is 19.4. The molecular formula is C21H23N3O4. The second-order valence-electron chi connectivity index (χ2n) is 6.64. The van der Waals surface area contributed by atoms with Crippen molar-refractivity contribution in [3.63, 3.8) is 0 Å². The molecule has 0 bridgehead atoms. The van der Waals surface area contributed by atoms with Crippen molar-refractivity contribution in [2.24, 2.45) is 0 Å². The molecule has 0 aliphatic carbocycles. The fourth-order valence-electron chi connectivity index (χ4n) is 3.00. The van der Waals surface area contributed by atoms with Gasteiger partial charge < -0.3 is 20.3 Å². The summed E-state index contributed by atoms with van der Waals surface area (Å²) in [6, 6.07) is 12.4. The van der Waals surface area contributed by atoms with E-state index >= 15 is 0 Å². The molecule has 0 unspecified atom stereocenters. The number of nitrogens with one attached hydrogen (secondary N) is 2. The molecule has 2 N–H and O–H groups in total. The van der Waals surface area contributed by atoms with Crippen molar-refractivity contribution < 1.29 is 19.1 Å². The lowest BCUT2D eigenvalue weighted by Gasteiger charge is -2.23. The zero-order valence-electron chi connectivity index (χ0n) is 16.0. The van der Waals surface area contributed by atoms with Gasteiger partial charge >= 0.3 is 0 Å². The van der Waals surface area contributed by atoms with Crippen molar-refractivity contribution in [3.05, 3.63) is 53.6 Å². The number of hydrogen-bond acceptors (Lipinski definition) is 4. The summed E-state index contributed by atoms with van der Waals surface area (Å²) in [4.78, 5) is 38.4. The molecule has 7 heteroatoms. The van der Waals surface area contributed by atoms with E-state index < -0.39 is 0 Å². The van der Waals surface area contributed by atoms with Gasteiger partial charge in [-0.3, -0.25) is 14.4 Å². The highest BCUT2D eigenvalue weighted by atomic mass is 16.5. The van der Waals surface area contributed by atoms with Crippen molar-refractivity contribution in [3.8, 4) is 5.75 Å². The lowest BCUT2D eigenvalue weighted by atomic mass is 10.1. The SMILES string of the molecule is CCCN(CC(=O)Nc1ccccc1C)C(=O)c1ccc2c(c1)NC(=O)CO2. The highest BCUT2D eigenvalue weighted by molar-refractivity contribution is 6.02. The number of ether oxygens (including phenoxy) is 1. The molecule has 3 rings (SSSR count). The first-order valence-corrected chi connectivity index (χ1v) is 9.19. The van der Waals surface area contributed by atoms with Gasteiger partial charge in [0.2, 0.25) is 5.91 Å². The number of anilines is 2. The van der Waals surface area contributed by atoms with Crippen LogP contribution in [0.25, 0.3) is 0 Å². The molecule has 0 saturated carbocycles. The van der Waals surface area contributed by atoms with E-state index in [4.69, 9.17) is 4.74 Å². The van der Waals surface area contributed by atoms with Gasteiger partial charge in [-0.05, 0) is 43.2 Å². The molecule has 1 aliphatic heterocycles. The Balaban J connectivity index is 1.73. The van der Waals surface area contributed by atoms with E-state index in [0.717, 1.165) is 11.3 Å². The minimum absolute atomic E-state index is 0.0404. The Kier molecular flexibility index (Phi) is 5.93. The number of benzene rings is 2. The number of aryl methyl sites for hydroxylation is 1. The molecule has 2 aromatic rings. The first-order chi connectivity index (χ1) is 13.5. The molecular weight excluding hydrogens is 358 g/mol. The molecule has 0 spiro atoms. The van der Waals surface area contributed by atoms with Gasteiger partial charge in [-0.15, -0.1) is 0 Å². The predicted octanol–water partition coefficient (Wildman–Crippen LogP) is 2.82. The van der Waals surface area contributed by atoms with Crippen LogP contribution in [0.2, 0.25) is 0 Å². The van der Waals surface area contributed by atoms with E-state index in [2.05, 4.69) is 10.6 Å². The van der Waals surface area contributed by atoms with Crippen LogP contribution in [0.4, 0.5) is 11.4 Å². The van der Waals surface area contributed by atoms with E-state index in [1.165, 1.54) is 4.90 Å². The highest BCUT2D eigenvalue weighted by Gasteiger charge is 2.22. The van der Waals surface area contributed by atoms with Crippen LogP contribution in [0.15, 0.2) is 42.5 Å². The second kappa shape index (κ2) is 8.56. The Hall–Kier alpha value is -3.35. The van der Waals surface area contributed by atoms with Crippen molar-refractivity contribution >= 4 is 29.1 Å². The topological polar surface area (TPSA) is 87.7 Å². The van der Waals surface area contributed by atoms with Gasteiger partial charge in [-0.25, -0.2) is 0 Å². The Labute approximate surface area is 163 Å². The fourth-order valence-corrected chi connectivity index (χ4v) is 3.00. The Morgan fingerprint density at radius 3 is 2.75 bits per heavy atom. The van der Waals surface area contributed by atoms with E-state index in [0.29, 0.717) is 30.0 Å². The summed E-state index contributed by atoms with van der Waals surface area (Å²) in [5.74, 6) is -0.272. The zero-order valence-corrected chi connectivity index (χ0v) is 16.0. The van der Waals surface area contributed by atoms with Crippen molar-refractivity contribution in [2.45, 2.75) is 20.3 Å². The largest absolute Gasteiger partial charge is 0.482 e. The van der Waals surface area contributed by atoms with Crippen LogP contribution in [0.5, 0.6) is 5.75 Å². The summed E-state index contributed by atoms with van der Waals surface area (Å²) in [5, 5.41) is 5.54. The molecule has 1 aliphatic rings. The third kappa shape index (κ3) is 4.49. The summed E-state index contributed by atoms with van der Waals surface area (Å²) in [6.07, 6.45) is 0.716. The van der Waals surface area contributed by atoms with E-state index in [-0.39, 0.29) is 30.9 Å². The summed E-state index contributed by atoms with van der Waals surface area (Å²) in [6.45, 7) is 4.21. The highest BCUT2D eigenvalue weighted by Crippen LogP contribution is 2.29. The first-order valence-electron chi connectivity index (χ1n) is 9.19. The van der Waals surface area contributed by atoms with Crippen LogP contribution in [-0.2, 0) is 9.59 Å². The quantitative estimate of drug-likeness (QED) is 0.805. The number of rotatable bonds is 6. The van der Waals surface area contributed by atoms with Gasteiger partial charge in [0.1, 0.15) is 12.3 Å². The normalized spacial score (nSPS) is 12.4. The molecule has 0 aromatic heterocycles. The van der Waals surface area contributed by atoms with E-state index in [1.54, 1.807) is 18.2 Å². The van der Waals surface area contributed by atoms with Crippen LogP contribution < -0.4 is 15.4 Å². The standard InChI is InChI=1S/C21H23N3O4/c1-3-10-24(12-19(25)22-16-7-5-4-6-14(16)2)21(27)15-8-9-18-17(11-15)23-20(26)13-28-18/h4-9,11H,3,10,12-13H2,1-2H3,(H,22,25)(H,23,26). The van der Waals surface area contributed by atoms with Gasteiger partial charge in [0.25, 0.3) is 11.8 Å². The number of amides is 3. The molecule has 0 atom stereocenters. The number of para-hydroxylation sites is 1. The number of nitrogens with zero attached hydrogens (tertiary/aromatic N) is 1. The minimum atomic E-state index is -0.274. The summed E-state index contributed by atoms with van der Waals surface area (Å²) in [7, 11) is 0. The summed E-state index contributed by atoms with van der Waals surface area (Å²) in [5.41, 5.74) is 2.53. The molecule has 0 fully saturated rings. The van der Waals surface area contributed by atoms with Crippen molar-refractivity contribution in [1.82, 2.24) is 4.90 Å². The smallest absolute Gasteiger partial charge is 0.262 e. The number of fused-ring (bicyclic) bond motifs is 1. The zero-order chi connectivity index (χ0) is 20.1. The number of hydrogen-bond donors (Lipinski definition) is 2. The fraction of sp³-hybridized carbons (Fsp3) is 0.286. The summed E-state index contributed by atoms with van der Waals surface area (Å²) >= 11 is 0. The van der Waals surface area contributed by atoms with Gasteiger partial charge in [0.15, 0.2) is 6.61 Å². The number of carbonyl (C=O) groups is 3. The Morgan fingerprint density at radius 2 is 2.00 bits per heavy atom. The van der Waals surface area contributed by atoms with Gasteiger partial charge in [0, 0.05) is 17.8 Å². The summed E-state index contributed by atoms with van der Waals surface area (Å²) < 4.78 is 5.32. The Bertz CT molecular complexity index is 910. The van der Waals surface area contributed by atoms with Crippen LogP contribution in [0, 0.1) is 6.92 Å². The average molecular weight is 381 g/mol. The maximum Gasteiger partial charge on any atom is 0.262 e. The molecule has 1 heterocycles. The third-order valence-corrected chi connectivity index (χ3v) is 4.39. The molecule has 0 saturated heterocycles.